The van der Waals surface area contributed by atoms with Gasteiger partial charge >= 0.3 is 0 Å². The molecule has 1 unspecified atom stereocenters. The van der Waals surface area contributed by atoms with Crippen LogP contribution in [-0.4, -0.2) is 4.98 Å². The van der Waals surface area contributed by atoms with E-state index in [1.807, 2.05) is 43.6 Å². The van der Waals surface area contributed by atoms with Gasteiger partial charge in [0, 0.05) is 16.9 Å². The van der Waals surface area contributed by atoms with Gasteiger partial charge in [-0.25, -0.2) is 0 Å². The van der Waals surface area contributed by atoms with Crippen molar-refractivity contribution in [1.29, 1.82) is 0 Å². The molecule has 1 atom stereocenters. The number of hydrogen-bond acceptors (Lipinski definition) is 2. The van der Waals surface area contributed by atoms with E-state index in [2.05, 4.69) is 27.0 Å². The van der Waals surface area contributed by atoms with E-state index in [1.54, 1.807) is 0 Å². The summed E-state index contributed by atoms with van der Waals surface area (Å²) in [5.74, 6) is 0. The number of nitrogens with zero attached hydrogens (tertiary/aromatic N) is 1. The Kier molecular flexibility index (Phi) is 3.36. The first-order chi connectivity index (χ1) is 7.66. The maximum atomic E-state index is 6.19. The van der Waals surface area contributed by atoms with Crippen molar-refractivity contribution < 1.29 is 0 Å². The molecule has 0 aliphatic carbocycles. The molecule has 2 nitrogen and oxygen atoms in total. The zero-order valence-electron chi connectivity index (χ0n) is 9.02. The zero-order valence-corrected chi connectivity index (χ0v) is 10.6. The molecule has 0 saturated heterocycles. The summed E-state index contributed by atoms with van der Waals surface area (Å²) in [6.45, 7) is 2.02. The van der Waals surface area contributed by atoms with Gasteiger partial charge in [0.1, 0.15) is 0 Å². The van der Waals surface area contributed by atoms with E-state index >= 15 is 0 Å². The largest absolute Gasteiger partial charge is 0.320 e. The molecule has 1 aromatic carbocycles. The Morgan fingerprint density at radius 1 is 1.19 bits per heavy atom. The molecule has 0 saturated carbocycles. The number of aryl methyl sites for hydroxylation is 1. The zero-order chi connectivity index (χ0) is 11.5. The Hall–Kier alpha value is -1.19. The van der Waals surface area contributed by atoms with Crippen LogP contribution in [-0.2, 0) is 0 Å². The lowest BCUT2D eigenvalue weighted by atomic mass is 10.0. The van der Waals surface area contributed by atoms with Gasteiger partial charge in [0.15, 0.2) is 0 Å². The van der Waals surface area contributed by atoms with Gasteiger partial charge in [-0.3, -0.25) is 4.98 Å². The molecule has 2 rings (SSSR count). The first-order valence-electron chi connectivity index (χ1n) is 5.09. The van der Waals surface area contributed by atoms with Crippen LogP contribution in [0.5, 0.6) is 0 Å². The number of benzene rings is 1. The standard InChI is InChI=1S/C13H13BrN2/c1-9-5-11(8-16-7-9)13(15)10-3-2-4-12(14)6-10/h2-8,13H,15H2,1H3. The van der Waals surface area contributed by atoms with Crippen molar-refractivity contribution in [2.75, 3.05) is 0 Å². The van der Waals surface area contributed by atoms with Gasteiger partial charge in [0.05, 0.1) is 6.04 Å². The number of halogens is 1. The minimum absolute atomic E-state index is 0.120. The van der Waals surface area contributed by atoms with E-state index in [9.17, 15) is 0 Å². The number of rotatable bonds is 2. The lowest BCUT2D eigenvalue weighted by molar-refractivity contribution is 0.860. The topological polar surface area (TPSA) is 38.9 Å². The van der Waals surface area contributed by atoms with Crippen LogP contribution >= 0.6 is 15.9 Å². The highest BCUT2D eigenvalue weighted by molar-refractivity contribution is 9.10. The normalized spacial score (nSPS) is 12.4. The smallest absolute Gasteiger partial charge is 0.0567 e. The molecule has 16 heavy (non-hydrogen) atoms. The first-order valence-corrected chi connectivity index (χ1v) is 5.89. The maximum Gasteiger partial charge on any atom is 0.0567 e. The Bertz CT molecular complexity index is 451. The molecule has 1 aromatic heterocycles. The Labute approximate surface area is 104 Å². The predicted molar refractivity (Wildman–Crippen MR) is 69.1 cm³/mol. The molecule has 0 radical (unpaired) electrons. The summed E-state index contributed by atoms with van der Waals surface area (Å²) in [5, 5.41) is 0. The predicted octanol–water partition coefficient (Wildman–Crippen LogP) is 3.20. The van der Waals surface area contributed by atoms with Crippen LogP contribution in [0.1, 0.15) is 22.7 Å². The van der Waals surface area contributed by atoms with E-state index in [4.69, 9.17) is 5.73 Å². The molecule has 0 fully saturated rings. The van der Waals surface area contributed by atoms with Gasteiger partial charge in [0.2, 0.25) is 0 Å². The summed E-state index contributed by atoms with van der Waals surface area (Å²) in [6, 6.07) is 9.99. The molecule has 2 N–H and O–H groups in total. The molecule has 2 aromatic rings. The molecule has 3 heteroatoms. The fourth-order valence-electron chi connectivity index (χ4n) is 1.64. The lowest BCUT2D eigenvalue weighted by Gasteiger charge is -2.12. The molecule has 0 aliphatic heterocycles. The Morgan fingerprint density at radius 2 is 2.00 bits per heavy atom. The van der Waals surface area contributed by atoms with Crippen LogP contribution < -0.4 is 5.73 Å². The monoisotopic (exact) mass is 276 g/mol. The van der Waals surface area contributed by atoms with Crippen LogP contribution in [0, 0.1) is 6.92 Å². The summed E-state index contributed by atoms with van der Waals surface area (Å²) in [6.07, 6.45) is 3.65. The van der Waals surface area contributed by atoms with Crippen molar-refractivity contribution in [3.63, 3.8) is 0 Å². The van der Waals surface area contributed by atoms with Gasteiger partial charge in [0.25, 0.3) is 0 Å². The van der Waals surface area contributed by atoms with Crippen molar-refractivity contribution in [3.8, 4) is 0 Å². The van der Waals surface area contributed by atoms with E-state index in [0.29, 0.717) is 0 Å². The van der Waals surface area contributed by atoms with Crippen LogP contribution in [0.2, 0.25) is 0 Å². The van der Waals surface area contributed by atoms with Crippen LogP contribution in [0.3, 0.4) is 0 Å². The molecule has 1 heterocycles. The van der Waals surface area contributed by atoms with Gasteiger partial charge in [-0.05, 0) is 35.7 Å². The van der Waals surface area contributed by atoms with Crippen molar-refractivity contribution in [2.24, 2.45) is 5.73 Å². The minimum atomic E-state index is -0.120. The second kappa shape index (κ2) is 4.76. The van der Waals surface area contributed by atoms with E-state index in [-0.39, 0.29) is 6.04 Å². The number of nitrogens with two attached hydrogens (primary N) is 1. The van der Waals surface area contributed by atoms with Gasteiger partial charge in [-0.2, -0.15) is 0 Å². The molecule has 0 aliphatic rings. The molecule has 0 bridgehead atoms. The average Bonchev–Trinajstić information content (AvgIpc) is 2.28. The third-order valence-corrected chi connectivity index (χ3v) is 2.96. The Balaban J connectivity index is 2.35. The second-order valence-corrected chi connectivity index (χ2v) is 4.74. The quantitative estimate of drug-likeness (QED) is 0.915. The van der Waals surface area contributed by atoms with Crippen LogP contribution in [0.15, 0.2) is 47.2 Å². The summed E-state index contributed by atoms with van der Waals surface area (Å²) in [5.41, 5.74) is 9.45. The first kappa shape index (κ1) is 11.3. The van der Waals surface area contributed by atoms with Gasteiger partial charge < -0.3 is 5.73 Å². The molecule has 0 amide bonds. The van der Waals surface area contributed by atoms with Crippen molar-refractivity contribution >= 4 is 15.9 Å². The fourth-order valence-corrected chi connectivity index (χ4v) is 2.06. The highest BCUT2D eigenvalue weighted by atomic mass is 79.9. The molecular formula is C13H13BrN2. The highest BCUT2D eigenvalue weighted by Gasteiger charge is 2.09. The second-order valence-electron chi connectivity index (χ2n) is 3.83. The summed E-state index contributed by atoms with van der Waals surface area (Å²) in [4.78, 5) is 4.16. The minimum Gasteiger partial charge on any atom is -0.320 e. The Morgan fingerprint density at radius 3 is 2.69 bits per heavy atom. The van der Waals surface area contributed by atoms with Crippen molar-refractivity contribution in [3.05, 3.63) is 63.9 Å². The fraction of sp³-hybridized carbons (Fsp3) is 0.154. The number of hydrogen-bond donors (Lipinski definition) is 1. The van der Waals surface area contributed by atoms with E-state index in [1.165, 1.54) is 0 Å². The van der Waals surface area contributed by atoms with Crippen molar-refractivity contribution in [1.82, 2.24) is 4.98 Å². The van der Waals surface area contributed by atoms with Crippen molar-refractivity contribution in [2.45, 2.75) is 13.0 Å². The maximum absolute atomic E-state index is 6.19. The highest BCUT2D eigenvalue weighted by Crippen LogP contribution is 2.22. The molecule has 82 valence electrons. The SMILES string of the molecule is Cc1cncc(C(N)c2cccc(Br)c2)c1. The summed E-state index contributed by atoms with van der Waals surface area (Å²) < 4.78 is 1.04. The van der Waals surface area contributed by atoms with Crippen LogP contribution in [0.4, 0.5) is 0 Å². The van der Waals surface area contributed by atoms with Gasteiger partial charge in [-0.1, -0.05) is 34.1 Å². The van der Waals surface area contributed by atoms with Gasteiger partial charge in [-0.15, -0.1) is 0 Å². The lowest BCUT2D eigenvalue weighted by Crippen LogP contribution is -2.12. The summed E-state index contributed by atoms with van der Waals surface area (Å²) >= 11 is 3.45. The molecule has 0 spiro atoms. The number of pyridine rings is 1. The third-order valence-electron chi connectivity index (χ3n) is 2.46. The summed E-state index contributed by atoms with van der Waals surface area (Å²) in [7, 11) is 0. The van der Waals surface area contributed by atoms with E-state index in [0.717, 1.165) is 21.2 Å². The molecular weight excluding hydrogens is 264 g/mol. The number of aromatic nitrogens is 1. The van der Waals surface area contributed by atoms with Crippen LogP contribution in [0.25, 0.3) is 0 Å². The average molecular weight is 277 g/mol. The third kappa shape index (κ3) is 2.49. The van der Waals surface area contributed by atoms with E-state index < -0.39 is 0 Å².